The molecule has 3 unspecified atom stereocenters. The second-order valence-corrected chi connectivity index (χ2v) is 9.76. The molecule has 0 bridgehead atoms. The highest BCUT2D eigenvalue weighted by Gasteiger charge is 2.59. The van der Waals surface area contributed by atoms with Gasteiger partial charge in [-0.2, -0.15) is 0 Å². The van der Waals surface area contributed by atoms with Gasteiger partial charge in [-0.1, -0.05) is 6.92 Å². The molecule has 3 atom stereocenters. The summed E-state index contributed by atoms with van der Waals surface area (Å²) in [6, 6.07) is 2.08. The molecule has 2 heterocycles. The first-order valence-electron chi connectivity index (χ1n) is 10.2. The number of aromatic amines is 2. The number of allylic oxidation sites excluding steroid dienone is 1. The Labute approximate surface area is 170 Å². The fourth-order valence-electron chi connectivity index (χ4n) is 5.39. The third kappa shape index (κ3) is 2.55. The molecule has 6 nitrogen and oxygen atoms in total. The van der Waals surface area contributed by atoms with E-state index in [-0.39, 0.29) is 11.5 Å². The zero-order valence-corrected chi connectivity index (χ0v) is 17.0. The number of hydrogen-bond donors (Lipinski definition) is 4. The van der Waals surface area contributed by atoms with Gasteiger partial charge in [-0.3, -0.25) is 9.78 Å². The molecule has 3 aliphatic rings. The first-order chi connectivity index (χ1) is 13.9. The molecule has 8 heteroatoms. The van der Waals surface area contributed by atoms with Crippen LogP contribution in [0.2, 0.25) is 0 Å². The number of hydrogen-bond acceptors (Lipinski definition) is 5. The standard InChI is InChI=1S/C21H24FN3O3S/c1-9-16-15(19(27)25-20(28)24-16)17(26)18(22)21(9,12-3-4-12)14-7-11-6-10(8-23)2-5-13(11)29-14/h7,9-10,12,26H,2-6,8,23H2,1H3,(H2,24,25,27,28). The molecule has 0 saturated heterocycles. The second-order valence-electron chi connectivity index (χ2n) is 8.63. The maximum Gasteiger partial charge on any atom is 0.325 e. The van der Waals surface area contributed by atoms with E-state index in [9.17, 15) is 14.7 Å². The van der Waals surface area contributed by atoms with Gasteiger partial charge in [0.1, 0.15) is 5.56 Å². The van der Waals surface area contributed by atoms with E-state index in [4.69, 9.17) is 5.73 Å². The molecule has 5 rings (SSSR count). The number of aryl methyl sites for hydroxylation is 1. The Bertz CT molecular complexity index is 1140. The van der Waals surface area contributed by atoms with Crippen molar-refractivity contribution in [1.82, 2.24) is 9.97 Å². The van der Waals surface area contributed by atoms with Gasteiger partial charge >= 0.3 is 5.69 Å². The van der Waals surface area contributed by atoms with Gasteiger partial charge in [0.05, 0.1) is 5.41 Å². The molecule has 1 saturated carbocycles. The molecule has 2 aromatic rings. The van der Waals surface area contributed by atoms with E-state index in [1.807, 2.05) is 6.92 Å². The van der Waals surface area contributed by atoms with Crippen LogP contribution in [0, 0.1) is 11.8 Å². The van der Waals surface area contributed by atoms with Gasteiger partial charge in [-0.25, -0.2) is 9.18 Å². The Morgan fingerprint density at radius 3 is 2.76 bits per heavy atom. The van der Waals surface area contributed by atoms with Crippen molar-refractivity contribution in [2.24, 2.45) is 17.6 Å². The number of H-pyrrole nitrogens is 2. The zero-order chi connectivity index (χ0) is 20.5. The van der Waals surface area contributed by atoms with Crippen LogP contribution < -0.4 is 17.0 Å². The van der Waals surface area contributed by atoms with Crippen LogP contribution >= 0.6 is 11.3 Å². The number of aromatic nitrogens is 2. The molecule has 154 valence electrons. The quantitative estimate of drug-likeness (QED) is 0.615. The van der Waals surface area contributed by atoms with Crippen LogP contribution in [0.1, 0.15) is 58.7 Å². The molecule has 5 N–H and O–H groups in total. The molecule has 0 spiro atoms. The Morgan fingerprint density at radius 1 is 1.31 bits per heavy atom. The van der Waals surface area contributed by atoms with Crippen molar-refractivity contribution in [3.8, 4) is 0 Å². The highest BCUT2D eigenvalue weighted by atomic mass is 32.1. The maximum atomic E-state index is 16.0. The van der Waals surface area contributed by atoms with Gasteiger partial charge in [-0.05, 0) is 62.1 Å². The average molecular weight is 418 g/mol. The molecule has 2 aromatic heterocycles. The van der Waals surface area contributed by atoms with E-state index in [2.05, 4.69) is 16.0 Å². The smallest absolute Gasteiger partial charge is 0.325 e. The third-order valence-corrected chi connectivity index (χ3v) is 8.43. The summed E-state index contributed by atoms with van der Waals surface area (Å²) in [5.41, 5.74) is 4.80. The van der Waals surface area contributed by atoms with Crippen molar-refractivity contribution in [1.29, 1.82) is 0 Å². The number of nitrogens with two attached hydrogens (primary N) is 1. The number of halogens is 1. The van der Waals surface area contributed by atoms with E-state index < -0.39 is 34.2 Å². The summed E-state index contributed by atoms with van der Waals surface area (Å²) in [7, 11) is 0. The lowest BCUT2D eigenvalue weighted by molar-refractivity contribution is 0.283. The van der Waals surface area contributed by atoms with Gasteiger partial charge in [0.25, 0.3) is 5.56 Å². The Kier molecular flexibility index (Phi) is 4.15. The molecular weight excluding hydrogens is 393 g/mol. The van der Waals surface area contributed by atoms with Gasteiger partial charge in [0, 0.05) is 21.4 Å². The number of nitrogens with one attached hydrogen (secondary N) is 2. The molecule has 0 amide bonds. The third-order valence-electron chi connectivity index (χ3n) is 7.04. The molecule has 0 aliphatic heterocycles. The minimum atomic E-state index is -1.05. The summed E-state index contributed by atoms with van der Waals surface area (Å²) in [6.45, 7) is 2.49. The lowest BCUT2D eigenvalue weighted by Gasteiger charge is -2.41. The van der Waals surface area contributed by atoms with Crippen molar-refractivity contribution in [2.45, 2.75) is 50.4 Å². The summed E-state index contributed by atoms with van der Waals surface area (Å²) in [6.07, 6.45) is 4.55. The Balaban J connectivity index is 1.74. The van der Waals surface area contributed by atoms with Crippen molar-refractivity contribution in [2.75, 3.05) is 6.54 Å². The summed E-state index contributed by atoms with van der Waals surface area (Å²) in [4.78, 5) is 31.2. The largest absolute Gasteiger partial charge is 0.504 e. The van der Waals surface area contributed by atoms with E-state index in [0.29, 0.717) is 18.2 Å². The predicted octanol–water partition coefficient (Wildman–Crippen LogP) is 2.85. The van der Waals surface area contributed by atoms with Crippen molar-refractivity contribution >= 4 is 17.1 Å². The van der Waals surface area contributed by atoms with Crippen molar-refractivity contribution in [3.63, 3.8) is 0 Å². The van der Waals surface area contributed by atoms with Crippen LogP contribution in [0.15, 0.2) is 21.5 Å². The van der Waals surface area contributed by atoms with Crippen LogP contribution in [0.4, 0.5) is 4.39 Å². The van der Waals surface area contributed by atoms with E-state index in [1.54, 1.807) is 11.3 Å². The fraction of sp³-hybridized carbons (Fsp3) is 0.524. The fourth-order valence-corrected chi connectivity index (χ4v) is 6.95. The predicted molar refractivity (Wildman–Crippen MR) is 110 cm³/mol. The topological polar surface area (TPSA) is 112 Å². The van der Waals surface area contributed by atoms with Crippen LogP contribution in [-0.4, -0.2) is 21.6 Å². The highest BCUT2D eigenvalue weighted by Crippen LogP contribution is 2.63. The summed E-state index contributed by atoms with van der Waals surface area (Å²) in [5.74, 6) is -1.29. The SMILES string of the molecule is CC1c2[nH]c(=O)[nH]c(=O)c2C(O)=C(F)C1(c1cc2c(s1)CCC(CN)C2)C1CC1. The number of aliphatic hydroxyl groups is 1. The highest BCUT2D eigenvalue weighted by molar-refractivity contribution is 7.12. The van der Waals surface area contributed by atoms with Gasteiger partial charge in [0.15, 0.2) is 11.6 Å². The van der Waals surface area contributed by atoms with Gasteiger partial charge in [0.2, 0.25) is 0 Å². The molecule has 0 radical (unpaired) electrons. The maximum absolute atomic E-state index is 16.0. The first-order valence-corrected chi connectivity index (χ1v) is 11.0. The van der Waals surface area contributed by atoms with E-state index in [1.165, 1.54) is 10.4 Å². The molecule has 3 aliphatic carbocycles. The minimum Gasteiger partial charge on any atom is -0.504 e. The van der Waals surface area contributed by atoms with E-state index >= 15 is 4.39 Å². The first kappa shape index (κ1) is 18.8. The van der Waals surface area contributed by atoms with Crippen LogP contribution in [0.25, 0.3) is 5.76 Å². The number of rotatable bonds is 3. The van der Waals surface area contributed by atoms with Crippen molar-refractivity contribution < 1.29 is 9.50 Å². The lowest BCUT2D eigenvalue weighted by Crippen LogP contribution is -2.42. The Hall–Kier alpha value is -2.19. The van der Waals surface area contributed by atoms with Crippen LogP contribution in [-0.2, 0) is 18.3 Å². The number of fused-ring (bicyclic) bond motifs is 2. The summed E-state index contributed by atoms with van der Waals surface area (Å²) < 4.78 is 16.0. The minimum absolute atomic E-state index is 0.0287. The van der Waals surface area contributed by atoms with Gasteiger partial charge < -0.3 is 15.8 Å². The van der Waals surface area contributed by atoms with Crippen LogP contribution in [0.3, 0.4) is 0 Å². The normalized spacial score (nSPS) is 28.9. The van der Waals surface area contributed by atoms with Gasteiger partial charge in [-0.15, -0.1) is 11.3 Å². The molecular formula is C21H24FN3O3S. The Morgan fingerprint density at radius 2 is 2.07 bits per heavy atom. The van der Waals surface area contributed by atoms with Crippen LogP contribution in [0.5, 0.6) is 0 Å². The molecule has 0 aromatic carbocycles. The molecule has 1 fully saturated rings. The summed E-state index contributed by atoms with van der Waals surface area (Å²) >= 11 is 1.61. The van der Waals surface area contributed by atoms with Crippen molar-refractivity contribution in [3.05, 3.63) is 59.3 Å². The zero-order valence-electron chi connectivity index (χ0n) is 16.2. The van der Waals surface area contributed by atoms with E-state index in [0.717, 1.165) is 37.0 Å². The monoisotopic (exact) mass is 417 g/mol. The summed E-state index contributed by atoms with van der Waals surface area (Å²) in [5, 5.41) is 10.7. The lowest BCUT2D eigenvalue weighted by atomic mass is 9.64. The molecule has 29 heavy (non-hydrogen) atoms. The second kappa shape index (κ2) is 6.40. The average Bonchev–Trinajstić information content (AvgIpc) is 3.44. The number of thiophene rings is 1. The number of aliphatic hydroxyl groups excluding tert-OH is 1.